The summed E-state index contributed by atoms with van der Waals surface area (Å²) < 4.78 is 0. The molecule has 0 spiro atoms. The Kier molecular flexibility index (Phi) is 9.35. The second kappa shape index (κ2) is 13.1. The highest BCUT2D eigenvalue weighted by Gasteiger charge is 2.39. The first kappa shape index (κ1) is 29.3. The van der Waals surface area contributed by atoms with Crippen molar-refractivity contribution in [1.29, 1.82) is 0 Å². The van der Waals surface area contributed by atoms with E-state index < -0.39 is 60.2 Å². The van der Waals surface area contributed by atoms with E-state index in [1.807, 2.05) is 30.3 Å². The molecule has 4 unspecified atom stereocenters. The van der Waals surface area contributed by atoms with E-state index >= 15 is 0 Å². The average molecular weight is 563 g/mol. The Labute approximate surface area is 236 Å². The third-order valence-electron chi connectivity index (χ3n) is 7.21. The monoisotopic (exact) mass is 562 g/mol. The van der Waals surface area contributed by atoms with Crippen molar-refractivity contribution in [2.45, 2.75) is 56.3 Å². The molecular formula is C29H34N6O6. The van der Waals surface area contributed by atoms with Crippen LogP contribution in [0.25, 0.3) is 10.9 Å². The minimum Gasteiger partial charge on any atom is -0.480 e. The van der Waals surface area contributed by atoms with Gasteiger partial charge in [-0.2, -0.15) is 0 Å². The van der Waals surface area contributed by atoms with Gasteiger partial charge >= 0.3 is 5.97 Å². The van der Waals surface area contributed by atoms with Crippen LogP contribution in [0.3, 0.4) is 0 Å². The van der Waals surface area contributed by atoms with Crippen LogP contribution in [0.15, 0.2) is 60.8 Å². The van der Waals surface area contributed by atoms with Crippen LogP contribution in [0.4, 0.5) is 0 Å². The Morgan fingerprint density at radius 1 is 0.976 bits per heavy atom. The number of aliphatic carboxylic acids is 1. The molecule has 0 bridgehead atoms. The summed E-state index contributed by atoms with van der Waals surface area (Å²) in [5.41, 5.74) is 13.4. The Morgan fingerprint density at radius 2 is 1.68 bits per heavy atom. The molecule has 1 aromatic heterocycles. The van der Waals surface area contributed by atoms with Crippen LogP contribution >= 0.6 is 0 Å². The van der Waals surface area contributed by atoms with Gasteiger partial charge in [0.25, 0.3) is 0 Å². The summed E-state index contributed by atoms with van der Waals surface area (Å²) in [7, 11) is 0. The van der Waals surface area contributed by atoms with Gasteiger partial charge in [0.05, 0.1) is 12.5 Å². The van der Waals surface area contributed by atoms with Gasteiger partial charge in [0.2, 0.25) is 23.6 Å². The number of rotatable bonds is 12. The van der Waals surface area contributed by atoms with E-state index in [9.17, 15) is 29.1 Å². The van der Waals surface area contributed by atoms with Crippen molar-refractivity contribution in [1.82, 2.24) is 20.5 Å². The fraction of sp³-hybridized carbons (Fsp3) is 0.345. The second-order valence-electron chi connectivity index (χ2n) is 10.2. The summed E-state index contributed by atoms with van der Waals surface area (Å²) in [6, 6.07) is 12.0. The summed E-state index contributed by atoms with van der Waals surface area (Å²) in [5.74, 6) is -3.77. The van der Waals surface area contributed by atoms with Crippen LogP contribution in [-0.4, -0.2) is 75.3 Å². The summed E-state index contributed by atoms with van der Waals surface area (Å²) in [4.78, 5) is 67.8. The van der Waals surface area contributed by atoms with Crippen molar-refractivity contribution in [3.8, 4) is 0 Å². The molecule has 4 rings (SSSR count). The van der Waals surface area contributed by atoms with Crippen LogP contribution in [0.1, 0.15) is 30.4 Å². The molecule has 12 nitrogen and oxygen atoms in total. The van der Waals surface area contributed by atoms with Crippen LogP contribution in [0.2, 0.25) is 0 Å². The number of likely N-dealkylation sites (tertiary alicyclic amines) is 1. The number of H-pyrrole nitrogens is 1. The van der Waals surface area contributed by atoms with Gasteiger partial charge in [-0.3, -0.25) is 19.2 Å². The number of carbonyl (C=O) groups excluding carboxylic acids is 4. The zero-order chi connectivity index (χ0) is 29.5. The number of aromatic amines is 1. The highest BCUT2D eigenvalue weighted by Crippen LogP contribution is 2.23. The van der Waals surface area contributed by atoms with Gasteiger partial charge < -0.3 is 37.1 Å². The standard InChI is InChI=1S/C29H34N6O6/c30-20(15-25(31)36)26(37)33-22(14-18-16-32-21-10-5-4-9-19(18)21)28(39)35-12-6-11-24(35)27(38)34-23(29(40)41)13-17-7-2-1-3-8-17/h1-5,7-10,16,20,22-24,32H,6,11-15,30H2,(H2,31,36)(H,33,37)(H,34,38)(H,40,41). The van der Waals surface area contributed by atoms with Crippen LogP contribution in [0.5, 0.6) is 0 Å². The number of carboxylic acids is 1. The van der Waals surface area contributed by atoms with Gasteiger partial charge in [0.15, 0.2) is 0 Å². The molecule has 0 radical (unpaired) electrons. The molecule has 216 valence electrons. The first-order chi connectivity index (χ1) is 19.6. The van der Waals surface area contributed by atoms with E-state index in [-0.39, 0.29) is 19.4 Å². The van der Waals surface area contributed by atoms with E-state index in [2.05, 4.69) is 15.6 Å². The molecule has 1 saturated heterocycles. The number of nitrogens with two attached hydrogens (primary N) is 2. The topological polar surface area (TPSA) is 201 Å². The molecule has 8 N–H and O–H groups in total. The maximum atomic E-state index is 13.9. The predicted octanol–water partition coefficient (Wildman–Crippen LogP) is 0.201. The minimum absolute atomic E-state index is 0.0829. The number of hydrogen-bond acceptors (Lipinski definition) is 6. The van der Waals surface area contributed by atoms with E-state index in [4.69, 9.17) is 11.5 Å². The molecule has 2 heterocycles. The van der Waals surface area contributed by atoms with Crippen molar-refractivity contribution in [3.05, 3.63) is 71.9 Å². The summed E-state index contributed by atoms with van der Waals surface area (Å²) in [6.07, 6.45) is 2.38. The molecule has 1 aliphatic heterocycles. The zero-order valence-corrected chi connectivity index (χ0v) is 22.4. The number of primary amides is 1. The quantitative estimate of drug-likeness (QED) is 0.181. The first-order valence-corrected chi connectivity index (χ1v) is 13.4. The van der Waals surface area contributed by atoms with Gasteiger partial charge in [-0.1, -0.05) is 48.5 Å². The first-order valence-electron chi connectivity index (χ1n) is 13.4. The molecule has 4 amide bonds. The number of fused-ring (bicyclic) bond motifs is 1. The third kappa shape index (κ3) is 7.28. The highest BCUT2D eigenvalue weighted by molar-refractivity contribution is 5.96. The second-order valence-corrected chi connectivity index (χ2v) is 10.2. The molecule has 0 saturated carbocycles. The van der Waals surface area contributed by atoms with Crippen LogP contribution in [-0.2, 0) is 36.8 Å². The molecule has 2 aromatic carbocycles. The van der Waals surface area contributed by atoms with E-state index in [1.165, 1.54) is 4.90 Å². The van der Waals surface area contributed by atoms with Crippen molar-refractivity contribution in [2.75, 3.05) is 6.54 Å². The van der Waals surface area contributed by atoms with Crippen molar-refractivity contribution in [3.63, 3.8) is 0 Å². The van der Waals surface area contributed by atoms with Gasteiger partial charge in [-0.25, -0.2) is 4.79 Å². The molecule has 3 aromatic rings. The number of aromatic nitrogens is 1. The fourth-order valence-corrected chi connectivity index (χ4v) is 5.13. The lowest BCUT2D eigenvalue weighted by Crippen LogP contribution is -2.57. The molecule has 4 atom stereocenters. The van der Waals surface area contributed by atoms with Crippen molar-refractivity contribution >= 4 is 40.5 Å². The van der Waals surface area contributed by atoms with Gasteiger partial charge in [-0.15, -0.1) is 0 Å². The lowest BCUT2D eigenvalue weighted by atomic mass is 10.0. The van der Waals surface area contributed by atoms with Gasteiger partial charge in [0.1, 0.15) is 18.1 Å². The lowest BCUT2D eigenvalue weighted by Gasteiger charge is -2.30. The SMILES string of the molecule is NC(=O)CC(N)C(=O)NC(Cc1c[nH]c2ccccc12)C(=O)N1CCCC1C(=O)NC(Cc1ccccc1)C(=O)O. The van der Waals surface area contributed by atoms with E-state index in [0.717, 1.165) is 22.0 Å². The molecule has 12 heteroatoms. The molecule has 0 aliphatic carbocycles. The van der Waals surface area contributed by atoms with E-state index in [1.54, 1.807) is 30.5 Å². The van der Waals surface area contributed by atoms with Crippen LogP contribution in [0, 0.1) is 0 Å². The number of nitrogens with zero attached hydrogens (tertiary/aromatic N) is 1. The van der Waals surface area contributed by atoms with Gasteiger partial charge in [-0.05, 0) is 30.0 Å². The number of hydrogen-bond donors (Lipinski definition) is 6. The Balaban J connectivity index is 1.54. The molecular weight excluding hydrogens is 528 g/mol. The number of amides is 4. The molecule has 1 aliphatic rings. The smallest absolute Gasteiger partial charge is 0.326 e. The van der Waals surface area contributed by atoms with Crippen LogP contribution < -0.4 is 22.1 Å². The summed E-state index contributed by atoms with van der Waals surface area (Å²) >= 11 is 0. The Morgan fingerprint density at radius 3 is 2.39 bits per heavy atom. The Bertz CT molecular complexity index is 1420. The predicted molar refractivity (Wildman–Crippen MR) is 150 cm³/mol. The third-order valence-corrected chi connectivity index (χ3v) is 7.21. The number of benzene rings is 2. The fourth-order valence-electron chi connectivity index (χ4n) is 5.13. The highest BCUT2D eigenvalue weighted by atomic mass is 16.4. The normalized spacial score (nSPS) is 17.0. The summed E-state index contributed by atoms with van der Waals surface area (Å²) in [5, 5.41) is 15.8. The Hall–Kier alpha value is -4.71. The number of carbonyl (C=O) groups is 5. The summed E-state index contributed by atoms with van der Waals surface area (Å²) in [6.45, 7) is 0.251. The maximum Gasteiger partial charge on any atom is 0.326 e. The molecule has 41 heavy (non-hydrogen) atoms. The molecule has 1 fully saturated rings. The van der Waals surface area contributed by atoms with Gasteiger partial charge in [0, 0.05) is 36.5 Å². The number of carboxylic acid groups (broad SMARTS) is 1. The van der Waals surface area contributed by atoms with Crippen molar-refractivity contribution in [2.24, 2.45) is 11.5 Å². The number of nitrogens with one attached hydrogen (secondary N) is 3. The minimum atomic E-state index is -1.25. The lowest BCUT2D eigenvalue weighted by molar-refractivity contribution is -0.144. The number of para-hydroxylation sites is 1. The maximum absolute atomic E-state index is 13.9. The average Bonchev–Trinajstić information content (AvgIpc) is 3.60. The van der Waals surface area contributed by atoms with E-state index in [0.29, 0.717) is 12.8 Å². The van der Waals surface area contributed by atoms with Crippen molar-refractivity contribution < 1.29 is 29.1 Å². The largest absolute Gasteiger partial charge is 0.480 e. The zero-order valence-electron chi connectivity index (χ0n) is 22.4.